The first-order valence-electron chi connectivity index (χ1n) is 7.64. The Hall–Kier alpha value is 0.134. The largest absolute Gasteiger partial charge is 0.385 e. The van der Waals surface area contributed by atoms with Crippen LogP contribution in [0.3, 0.4) is 0 Å². The predicted octanol–water partition coefficient (Wildman–Crippen LogP) is 5.17. The third kappa shape index (κ3) is 5.96. The zero-order valence-electron chi connectivity index (χ0n) is 14.9. The maximum absolute atomic E-state index is 11.3. The van der Waals surface area contributed by atoms with Gasteiger partial charge in [0, 0.05) is 8.07 Å². The Morgan fingerprint density at radius 2 is 1.32 bits per heavy atom. The minimum absolute atomic E-state index is 0.270. The fourth-order valence-corrected chi connectivity index (χ4v) is 5.92. The van der Waals surface area contributed by atoms with E-state index in [0.29, 0.717) is 0 Å². The lowest BCUT2D eigenvalue weighted by Gasteiger charge is -2.41. The van der Waals surface area contributed by atoms with E-state index in [-0.39, 0.29) is 11.8 Å². The SMILES string of the molecule is CC(C)C(O)(/C(=C/[Si](C)(C)C)C[Si](C)(C)C)C(C)C. The molecule has 0 saturated heterocycles. The van der Waals surface area contributed by atoms with E-state index in [1.807, 2.05) is 0 Å². The lowest BCUT2D eigenvalue weighted by atomic mass is 9.76. The van der Waals surface area contributed by atoms with Gasteiger partial charge >= 0.3 is 0 Å². The lowest BCUT2D eigenvalue weighted by Crippen LogP contribution is -2.45. The van der Waals surface area contributed by atoms with Gasteiger partial charge in [0.05, 0.1) is 13.7 Å². The Kier molecular flexibility index (Phi) is 6.32. The van der Waals surface area contributed by atoms with Gasteiger partial charge in [0.15, 0.2) is 0 Å². The molecule has 1 nitrogen and oxygen atoms in total. The van der Waals surface area contributed by atoms with Crippen LogP contribution >= 0.6 is 0 Å². The maximum atomic E-state index is 11.3. The molecule has 0 aromatic carbocycles. The second-order valence-electron chi connectivity index (χ2n) is 8.91. The van der Waals surface area contributed by atoms with Crippen molar-refractivity contribution in [3.8, 4) is 0 Å². The van der Waals surface area contributed by atoms with Crippen LogP contribution in [0.5, 0.6) is 0 Å². The van der Waals surface area contributed by atoms with Crippen molar-refractivity contribution in [1.29, 1.82) is 0 Å². The van der Waals surface area contributed by atoms with Crippen LogP contribution in [0.2, 0.25) is 45.3 Å². The summed E-state index contributed by atoms with van der Waals surface area (Å²) < 4.78 is 0. The highest BCUT2D eigenvalue weighted by Crippen LogP contribution is 2.38. The fourth-order valence-electron chi connectivity index (χ4n) is 2.81. The monoisotopic (exact) mass is 300 g/mol. The highest BCUT2D eigenvalue weighted by Gasteiger charge is 2.40. The molecule has 0 aliphatic heterocycles. The van der Waals surface area contributed by atoms with Crippen molar-refractivity contribution in [3.05, 3.63) is 11.3 Å². The van der Waals surface area contributed by atoms with E-state index in [1.54, 1.807) is 0 Å². The molecule has 114 valence electrons. The van der Waals surface area contributed by atoms with Crippen molar-refractivity contribution < 1.29 is 5.11 Å². The van der Waals surface area contributed by atoms with Crippen molar-refractivity contribution in [3.63, 3.8) is 0 Å². The fraction of sp³-hybridized carbons (Fsp3) is 0.875. The third-order valence-corrected chi connectivity index (χ3v) is 6.26. The molecule has 0 aliphatic rings. The average molecular weight is 301 g/mol. The molecular weight excluding hydrogens is 264 g/mol. The molecule has 0 unspecified atom stereocenters. The highest BCUT2D eigenvalue weighted by molar-refractivity contribution is 6.81. The predicted molar refractivity (Wildman–Crippen MR) is 94.2 cm³/mol. The van der Waals surface area contributed by atoms with E-state index in [0.717, 1.165) is 6.04 Å². The van der Waals surface area contributed by atoms with Crippen molar-refractivity contribution in [2.24, 2.45) is 11.8 Å². The minimum atomic E-state index is -1.32. The Bertz CT molecular complexity index is 309. The number of hydrogen-bond acceptors (Lipinski definition) is 1. The van der Waals surface area contributed by atoms with E-state index >= 15 is 0 Å². The summed E-state index contributed by atoms with van der Waals surface area (Å²) in [6.45, 7) is 22.9. The van der Waals surface area contributed by atoms with Crippen LogP contribution in [0.4, 0.5) is 0 Å². The normalized spacial score (nSPS) is 15.5. The van der Waals surface area contributed by atoms with Gasteiger partial charge in [0.25, 0.3) is 0 Å². The summed E-state index contributed by atoms with van der Waals surface area (Å²) in [5.74, 6) is 0.540. The molecule has 19 heavy (non-hydrogen) atoms. The first-order chi connectivity index (χ1) is 8.20. The molecule has 0 heterocycles. The Morgan fingerprint density at radius 3 is 1.53 bits per heavy atom. The topological polar surface area (TPSA) is 20.2 Å². The molecule has 1 N–H and O–H groups in total. The molecule has 3 heteroatoms. The minimum Gasteiger partial charge on any atom is -0.385 e. The van der Waals surface area contributed by atoms with Gasteiger partial charge in [-0.25, -0.2) is 0 Å². The smallest absolute Gasteiger partial charge is 0.0895 e. The summed E-state index contributed by atoms with van der Waals surface area (Å²) in [7, 11) is -2.55. The summed E-state index contributed by atoms with van der Waals surface area (Å²) in [5.41, 5.74) is 3.15. The Morgan fingerprint density at radius 1 is 0.947 bits per heavy atom. The van der Waals surface area contributed by atoms with Gasteiger partial charge < -0.3 is 5.11 Å². The summed E-state index contributed by atoms with van der Waals surface area (Å²) in [4.78, 5) is 0. The molecule has 0 rings (SSSR count). The van der Waals surface area contributed by atoms with E-state index in [1.165, 1.54) is 5.57 Å². The van der Waals surface area contributed by atoms with Crippen LogP contribution in [-0.2, 0) is 0 Å². The highest BCUT2D eigenvalue weighted by atomic mass is 28.3. The summed E-state index contributed by atoms with van der Waals surface area (Å²) in [5, 5.41) is 11.3. The van der Waals surface area contributed by atoms with Crippen LogP contribution < -0.4 is 0 Å². The van der Waals surface area contributed by atoms with Gasteiger partial charge in [-0.1, -0.05) is 72.7 Å². The standard InChI is InChI=1S/C16H36OSi2/c1-13(2)16(17,14(3)4)15(11-18(5,6)7)12-19(8,9)10/h11,13-14,17H,12H2,1-10H3/b15-11+. The van der Waals surface area contributed by atoms with Crippen molar-refractivity contribution in [2.45, 2.75) is 78.6 Å². The van der Waals surface area contributed by atoms with Crippen LogP contribution in [0.25, 0.3) is 0 Å². The Labute approximate surface area is 123 Å². The third-order valence-electron chi connectivity index (χ3n) is 3.60. The van der Waals surface area contributed by atoms with Crippen LogP contribution in [0, 0.1) is 11.8 Å². The van der Waals surface area contributed by atoms with E-state index in [9.17, 15) is 5.11 Å². The molecule has 0 fully saturated rings. The van der Waals surface area contributed by atoms with Gasteiger partial charge in [0.1, 0.15) is 0 Å². The molecule has 0 atom stereocenters. The molecule has 0 saturated carbocycles. The second-order valence-corrected chi connectivity index (χ2v) is 19.4. The van der Waals surface area contributed by atoms with E-state index < -0.39 is 21.7 Å². The van der Waals surface area contributed by atoms with Gasteiger partial charge in [-0.15, -0.1) is 0 Å². The molecule has 0 aliphatic carbocycles. The average Bonchev–Trinajstić information content (AvgIpc) is 2.09. The van der Waals surface area contributed by atoms with Gasteiger partial charge in [-0.2, -0.15) is 0 Å². The first-order valence-corrected chi connectivity index (χ1v) is 14.9. The lowest BCUT2D eigenvalue weighted by molar-refractivity contribution is -0.0116. The summed E-state index contributed by atoms with van der Waals surface area (Å²) in [6.07, 6.45) is 0. The zero-order valence-corrected chi connectivity index (χ0v) is 16.9. The molecule has 0 aromatic heterocycles. The van der Waals surface area contributed by atoms with Crippen LogP contribution in [0.1, 0.15) is 27.7 Å². The van der Waals surface area contributed by atoms with Crippen LogP contribution in [-0.4, -0.2) is 26.9 Å². The van der Waals surface area contributed by atoms with Gasteiger partial charge in [-0.05, 0) is 23.5 Å². The zero-order chi connectivity index (χ0) is 15.6. The van der Waals surface area contributed by atoms with E-state index in [2.05, 4.69) is 72.7 Å². The molecule has 0 bridgehead atoms. The van der Waals surface area contributed by atoms with Crippen molar-refractivity contribution in [2.75, 3.05) is 0 Å². The molecule has 0 spiro atoms. The number of rotatable bonds is 6. The molecule has 0 aromatic rings. The molecular formula is C16H36OSi2. The van der Waals surface area contributed by atoms with Gasteiger partial charge in [0.2, 0.25) is 0 Å². The van der Waals surface area contributed by atoms with Crippen LogP contribution in [0.15, 0.2) is 11.3 Å². The summed E-state index contributed by atoms with van der Waals surface area (Å²) >= 11 is 0. The maximum Gasteiger partial charge on any atom is 0.0895 e. The quantitative estimate of drug-likeness (QED) is 0.671. The van der Waals surface area contributed by atoms with Crippen molar-refractivity contribution >= 4 is 16.1 Å². The second kappa shape index (κ2) is 6.27. The molecule has 0 radical (unpaired) electrons. The van der Waals surface area contributed by atoms with Crippen molar-refractivity contribution in [1.82, 2.24) is 0 Å². The first kappa shape index (κ1) is 19.1. The molecule has 0 amide bonds. The Balaban J connectivity index is 5.77. The summed E-state index contributed by atoms with van der Waals surface area (Å²) in [6, 6.07) is 1.12. The van der Waals surface area contributed by atoms with Gasteiger partial charge in [-0.3, -0.25) is 0 Å². The van der Waals surface area contributed by atoms with E-state index in [4.69, 9.17) is 0 Å². The number of aliphatic hydroxyl groups is 1. The number of hydrogen-bond donors (Lipinski definition) is 1.